The number of aryl methyl sites for hydroxylation is 1. The highest BCUT2D eigenvalue weighted by Crippen LogP contribution is 2.20. The van der Waals surface area contributed by atoms with E-state index in [1.165, 1.54) is 18.7 Å². The standard InChI is InChI=1S/C20H19N7O3/c1-13-4-5-21-18(9-13)26-19-11-17(24-12-25-19)22-6-7-23-20(28)14-10-16(30-27-14)15-3-2-8-29-15/h2-5,8-12H,6-7H2,1H3,(H,23,28)(H2,21,22,24,25,26). The zero-order chi connectivity index (χ0) is 20.8. The van der Waals surface area contributed by atoms with E-state index in [-0.39, 0.29) is 11.6 Å². The van der Waals surface area contributed by atoms with Crippen LogP contribution in [0.3, 0.4) is 0 Å². The van der Waals surface area contributed by atoms with Crippen LogP contribution in [0.1, 0.15) is 16.1 Å². The van der Waals surface area contributed by atoms with Crippen molar-refractivity contribution in [2.24, 2.45) is 0 Å². The van der Waals surface area contributed by atoms with Crippen LogP contribution in [0.2, 0.25) is 0 Å². The molecule has 0 aliphatic heterocycles. The van der Waals surface area contributed by atoms with Gasteiger partial charge in [-0.25, -0.2) is 15.0 Å². The molecule has 0 bridgehead atoms. The molecule has 0 unspecified atom stereocenters. The number of carbonyl (C=O) groups excluding carboxylic acids is 1. The van der Waals surface area contributed by atoms with Gasteiger partial charge in [0.15, 0.2) is 11.5 Å². The Morgan fingerprint density at radius 1 is 1.00 bits per heavy atom. The lowest BCUT2D eigenvalue weighted by Crippen LogP contribution is -2.29. The maximum atomic E-state index is 12.2. The van der Waals surface area contributed by atoms with Gasteiger partial charge in [-0.1, -0.05) is 5.16 Å². The summed E-state index contributed by atoms with van der Waals surface area (Å²) in [7, 11) is 0. The van der Waals surface area contributed by atoms with Crippen LogP contribution in [0.4, 0.5) is 17.5 Å². The molecule has 30 heavy (non-hydrogen) atoms. The van der Waals surface area contributed by atoms with Crippen molar-refractivity contribution < 1.29 is 13.7 Å². The summed E-state index contributed by atoms with van der Waals surface area (Å²) >= 11 is 0. The van der Waals surface area contributed by atoms with Crippen molar-refractivity contribution >= 4 is 23.4 Å². The van der Waals surface area contributed by atoms with Crippen LogP contribution in [0.25, 0.3) is 11.5 Å². The Hall–Kier alpha value is -4.21. The molecule has 0 spiro atoms. The monoisotopic (exact) mass is 405 g/mol. The van der Waals surface area contributed by atoms with Gasteiger partial charge >= 0.3 is 0 Å². The van der Waals surface area contributed by atoms with Crippen molar-refractivity contribution in [2.75, 3.05) is 23.7 Å². The summed E-state index contributed by atoms with van der Waals surface area (Å²) in [4.78, 5) is 24.8. The van der Waals surface area contributed by atoms with Gasteiger partial charge in [-0.15, -0.1) is 0 Å². The van der Waals surface area contributed by atoms with Gasteiger partial charge in [0.1, 0.15) is 23.8 Å². The number of nitrogens with zero attached hydrogens (tertiary/aromatic N) is 4. The van der Waals surface area contributed by atoms with Crippen molar-refractivity contribution in [2.45, 2.75) is 6.92 Å². The van der Waals surface area contributed by atoms with Crippen LogP contribution >= 0.6 is 0 Å². The Kier molecular flexibility index (Phi) is 5.65. The Labute approximate surface area is 171 Å². The number of furan rings is 1. The second-order valence-corrected chi connectivity index (χ2v) is 6.37. The quantitative estimate of drug-likeness (QED) is 0.379. The minimum atomic E-state index is -0.339. The molecule has 0 fully saturated rings. The van der Waals surface area contributed by atoms with Crippen LogP contribution in [-0.2, 0) is 0 Å². The van der Waals surface area contributed by atoms with E-state index in [4.69, 9.17) is 8.94 Å². The first-order valence-corrected chi connectivity index (χ1v) is 9.22. The van der Waals surface area contributed by atoms with Crippen LogP contribution in [0.15, 0.2) is 64.1 Å². The molecule has 3 N–H and O–H groups in total. The number of carbonyl (C=O) groups is 1. The summed E-state index contributed by atoms with van der Waals surface area (Å²) in [5, 5.41) is 12.8. The first-order valence-electron chi connectivity index (χ1n) is 9.22. The van der Waals surface area contributed by atoms with Crippen LogP contribution in [0, 0.1) is 6.92 Å². The fraction of sp³-hybridized carbons (Fsp3) is 0.150. The van der Waals surface area contributed by atoms with E-state index in [1.54, 1.807) is 24.4 Å². The molecule has 0 aliphatic rings. The number of aromatic nitrogens is 4. The fourth-order valence-corrected chi connectivity index (χ4v) is 2.63. The molecule has 4 aromatic rings. The highest BCUT2D eigenvalue weighted by Gasteiger charge is 2.14. The first kappa shape index (κ1) is 19.1. The zero-order valence-electron chi connectivity index (χ0n) is 16.1. The molecule has 1 amide bonds. The molecule has 0 aromatic carbocycles. The second kappa shape index (κ2) is 8.86. The van der Waals surface area contributed by atoms with Gasteiger partial charge in [-0.3, -0.25) is 4.79 Å². The molecule has 10 heteroatoms. The lowest BCUT2D eigenvalue weighted by molar-refractivity contribution is 0.0946. The van der Waals surface area contributed by atoms with Crippen molar-refractivity contribution in [3.05, 3.63) is 66.4 Å². The van der Waals surface area contributed by atoms with Gasteiger partial charge in [0.2, 0.25) is 5.76 Å². The highest BCUT2D eigenvalue weighted by molar-refractivity contribution is 5.92. The predicted octanol–water partition coefficient (Wildman–Crippen LogP) is 3.01. The number of pyridine rings is 1. The van der Waals surface area contributed by atoms with Crippen molar-refractivity contribution in [1.82, 2.24) is 25.4 Å². The van der Waals surface area contributed by atoms with Gasteiger partial charge in [0.25, 0.3) is 5.91 Å². The van der Waals surface area contributed by atoms with Gasteiger partial charge in [-0.05, 0) is 36.8 Å². The summed E-state index contributed by atoms with van der Waals surface area (Å²) in [6.45, 7) is 2.83. The largest absolute Gasteiger partial charge is 0.461 e. The zero-order valence-corrected chi connectivity index (χ0v) is 16.1. The molecule has 0 atom stereocenters. The molecule has 152 valence electrons. The first-order chi connectivity index (χ1) is 14.7. The molecule has 0 saturated carbocycles. The summed E-state index contributed by atoms with van der Waals surface area (Å²) in [6, 6.07) is 10.6. The average molecular weight is 405 g/mol. The molecular weight excluding hydrogens is 386 g/mol. The van der Waals surface area contributed by atoms with Crippen molar-refractivity contribution in [3.63, 3.8) is 0 Å². The van der Waals surface area contributed by atoms with E-state index < -0.39 is 0 Å². The summed E-state index contributed by atoms with van der Waals surface area (Å²) in [5.74, 6) is 2.51. The van der Waals surface area contributed by atoms with Gasteiger partial charge in [-0.2, -0.15) is 0 Å². The molecule has 0 radical (unpaired) electrons. The van der Waals surface area contributed by atoms with Crippen LogP contribution < -0.4 is 16.0 Å². The molecular formula is C20H19N7O3. The third-order valence-electron chi connectivity index (χ3n) is 4.06. The number of hydrogen-bond acceptors (Lipinski definition) is 9. The van der Waals surface area contributed by atoms with E-state index in [0.29, 0.717) is 42.1 Å². The molecule has 0 aliphatic carbocycles. The number of amides is 1. The highest BCUT2D eigenvalue weighted by atomic mass is 16.5. The van der Waals surface area contributed by atoms with E-state index in [0.717, 1.165) is 5.56 Å². The van der Waals surface area contributed by atoms with E-state index >= 15 is 0 Å². The lowest BCUT2D eigenvalue weighted by Gasteiger charge is -2.09. The van der Waals surface area contributed by atoms with Crippen molar-refractivity contribution in [3.8, 4) is 11.5 Å². The minimum Gasteiger partial charge on any atom is -0.461 e. The van der Waals surface area contributed by atoms with E-state index in [9.17, 15) is 4.79 Å². The third kappa shape index (κ3) is 4.79. The maximum Gasteiger partial charge on any atom is 0.273 e. The normalized spacial score (nSPS) is 10.6. The minimum absolute atomic E-state index is 0.181. The third-order valence-corrected chi connectivity index (χ3v) is 4.06. The van der Waals surface area contributed by atoms with Crippen LogP contribution in [-0.4, -0.2) is 39.1 Å². The number of anilines is 3. The molecule has 4 rings (SSSR count). The Balaban J connectivity index is 1.26. The van der Waals surface area contributed by atoms with Crippen LogP contribution in [0.5, 0.6) is 0 Å². The summed E-state index contributed by atoms with van der Waals surface area (Å²) in [6.07, 6.45) is 4.70. The molecule has 4 heterocycles. The molecule has 0 saturated heterocycles. The SMILES string of the molecule is Cc1ccnc(Nc2cc(NCCNC(=O)c3cc(-c4ccco4)on3)ncn2)c1. The molecule has 10 nitrogen and oxygen atoms in total. The number of rotatable bonds is 8. The van der Waals surface area contributed by atoms with Gasteiger partial charge in [0, 0.05) is 31.4 Å². The smallest absolute Gasteiger partial charge is 0.273 e. The van der Waals surface area contributed by atoms with Crippen molar-refractivity contribution in [1.29, 1.82) is 0 Å². The predicted molar refractivity (Wildman–Crippen MR) is 109 cm³/mol. The fourth-order valence-electron chi connectivity index (χ4n) is 2.63. The topological polar surface area (TPSA) is 131 Å². The summed E-state index contributed by atoms with van der Waals surface area (Å²) < 4.78 is 10.3. The van der Waals surface area contributed by atoms with Gasteiger partial charge in [0.05, 0.1) is 6.26 Å². The lowest BCUT2D eigenvalue weighted by atomic mass is 10.3. The Morgan fingerprint density at radius 3 is 2.70 bits per heavy atom. The number of hydrogen-bond donors (Lipinski definition) is 3. The Bertz CT molecular complexity index is 1120. The van der Waals surface area contributed by atoms with E-state index in [1.807, 2.05) is 19.1 Å². The molecule has 4 aromatic heterocycles. The second-order valence-electron chi connectivity index (χ2n) is 6.37. The maximum absolute atomic E-state index is 12.2. The summed E-state index contributed by atoms with van der Waals surface area (Å²) in [5.41, 5.74) is 1.28. The Morgan fingerprint density at radius 2 is 1.87 bits per heavy atom. The van der Waals surface area contributed by atoms with Gasteiger partial charge < -0.3 is 24.9 Å². The average Bonchev–Trinajstić information content (AvgIpc) is 3.43. The number of nitrogens with one attached hydrogen (secondary N) is 3. The van der Waals surface area contributed by atoms with E-state index in [2.05, 4.69) is 36.1 Å².